The highest BCUT2D eigenvalue weighted by molar-refractivity contribution is 6.31. The van der Waals surface area contributed by atoms with Crippen molar-refractivity contribution in [1.82, 2.24) is 15.2 Å². The lowest BCUT2D eigenvalue weighted by Gasteiger charge is -2.41. The summed E-state index contributed by atoms with van der Waals surface area (Å²) in [6.45, 7) is 2.17. The molecule has 33 heavy (non-hydrogen) atoms. The second-order valence-corrected chi connectivity index (χ2v) is 8.32. The summed E-state index contributed by atoms with van der Waals surface area (Å²) in [6, 6.07) is 12.5. The number of carbonyl (C=O) groups is 1. The fourth-order valence-corrected chi connectivity index (χ4v) is 3.91. The molecule has 0 saturated carbocycles. The molecule has 10 heteroatoms. The molecule has 2 heterocycles. The number of nitrogens with two attached hydrogens (primary N) is 1. The second-order valence-electron chi connectivity index (χ2n) is 7.92. The van der Waals surface area contributed by atoms with Crippen molar-refractivity contribution in [3.63, 3.8) is 0 Å². The second kappa shape index (κ2) is 10.9. The summed E-state index contributed by atoms with van der Waals surface area (Å²) in [4.78, 5) is 17.7. The van der Waals surface area contributed by atoms with E-state index in [4.69, 9.17) is 22.7 Å². The molecular weight excluding hydrogens is 445 g/mol. The van der Waals surface area contributed by atoms with E-state index in [2.05, 4.69) is 26.6 Å². The van der Waals surface area contributed by atoms with E-state index >= 15 is 0 Å². The molecule has 0 aliphatic carbocycles. The van der Waals surface area contributed by atoms with Crippen molar-refractivity contribution in [2.45, 2.75) is 31.3 Å². The van der Waals surface area contributed by atoms with Crippen LogP contribution in [0.25, 0.3) is 0 Å². The number of halogens is 2. The average Bonchev–Trinajstić information content (AvgIpc) is 2.77. The molecular formula is C23H25ClFN7O. The Morgan fingerprint density at radius 2 is 2.09 bits per heavy atom. The molecule has 2 aromatic rings. The Morgan fingerprint density at radius 1 is 1.36 bits per heavy atom. The van der Waals surface area contributed by atoms with Crippen molar-refractivity contribution >= 4 is 29.0 Å². The number of nitrogens with zero attached hydrogens (tertiary/aromatic N) is 3. The molecule has 1 aromatic heterocycles. The molecule has 0 radical (unpaired) electrons. The molecule has 1 amide bonds. The Labute approximate surface area is 196 Å². The number of aromatic nitrogens is 1. The van der Waals surface area contributed by atoms with Crippen molar-refractivity contribution in [3.05, 3.63) is 70.9 Å². The van der Waals surface area contributed by atoms with E-state index in [-0.39, 0.29) is 23.5 Å². The van der Waals surface area contributed by atoms with E-state index < -0.39 is 17.4 Å². The van der Waals surface area contributed by atoms with Gasteiger partial charge in [-0.15, -0.1) is 0 Å². The average molecular weight is 470 g/mol. The number of piperidine rings is 1. The van der Waals surface area contributed by atoms with E-state index in [0.29, 0.717) is 19.4 Å². The number of amidine groups is 1. The van der Waals surface area contributed by atoms with Gasteiger partial charge in [-0.05, 0) is 30.5 Å². The fourth-order valence-electron chi connectivity index (χ4n) is 3.71. The Kier molecular flexibility index (Phi) is 7.98. The zero-order valence-electron chi connectivity index (χ0n) is 17.9. The fraction of sp³-hybridized carbons (Fsp3) is 0.304. The maximum Gasteiger partial charge on any atom is 0.253 e. The number of benzene rings is 1. The summed E-state index contributed by atoms with van der Waals surface area (Å²) in [7, 11) is 0. The van der Waals surface area contributed by atoms with Crippen molar-refractivity contribution in [3.8, 4) is 6.07 Å². The van der Waals surface area contributed by atoms with Crippen LogP contribution < -0.4 is 16.4 Å². The van der Waals surface area contributed by atoms with Crippen LogP contribution in [0, 0.1) is 22.7 Å². The van der Waals surface area contributed by atoms with E-state index in [9.17, 15) is 14.4 Å². The minimum atomic E-state index is -0.821. The van der Waals surface area contributed by atoms with Crippen LogP contribution in [0.3, 0.4) is 0 Å². The molecule has 5 N–H and O–H groups in total. The minimum absolute atomic E-state index is 0.108. The SMILES string of the molecule is N#CCC1(N/C=C(\C(=N)Nc2ccnc(F)c2)C(N)=O)CCN(Cc2ccccc2Cl)CC1. The number of amides is 1. The van der Waals surface area contributed by atoms with Gasteiger partial charge < -0.3 is 16.4 Å². The maximum absolute atomic E-state index is 13.3. The van der Waals surface area contributed by atoms with Gasteiger partial charge in [0.2, 0.25) is 5.95 Å². The molecule has 0 bridgehead atoms. The Hall–Kier alpha value is -3.48. The van der Waals surface area contributed by atoms with Gasteiger partial charge in [-0.1, -0.05) is 29.8 Å². The highest BCUT2D eigenvalue weighted by Gasteiger charge is 2.34. The topological polar surface area (TPSA) is 131 Å². The number of hydrogen-bond acceptors (Lipinski definition) is 6. The number of nitrogens with one attached hydrogen (secondary N) is 3. The predicted molar refractivity (Wildman–Crippen MR) is 125 cm³/mol. The van der Waals surface area contributed by atoms with Gasteiger partial charge in [0, 0.05) is 48.8 Å². The molecule has 172 valence electrons. The molecule has 0 atom stereocenters. The first-order valence-corrected chi connectivity index (χ1v) is 10.8. The number of likely N-dealkylation sites (tertiary alicyclic amines) is 1. The molecule has 1 aliphatic rings. The molecule has 1 fully saturated rings. The number of carbonyl (C=O) groups excluding carboxylic acids is 1. The van der Waals surface area contributed by atoms with Crippen LogP contribution in [0.2, 0.25) is 5.02 Å². The lowest BCUT2D eigenvalue weighted by Crippen LogP contribution is -2.51. The summed E-state index contributed by atoms with van der Waals surface area (Å²) >= 11 is 6.28. The number of rotatable bonds is 8. The Morgan fingerprint density at radius 3 is 2.73 bits per heavy atom. The van der Waals surface area contributed by atoms with Gasteiger partial charge in [-0.2, -0.15) is 9.65 Å². The molecule has 0 unspecified atom stereocenters. The highest BCUT2D eigenvalue weighted by atomic mass is 35.5. The zero-order valence-corrected chi connectivity index (χ0v) is 18.7. The number of nitriles is 1. The number of primary amides is 1. The largest absolute Gasteiger partial charge is 0.384 e. The normalized spacial score (nSPS) is 16.0. The molecule has 8 nitrogen and oxygen atoms in total. The van der Waals surface area contributed by atoms with E-state index in [1.54, 1.807) is 0 Å². The molecule has 1 aromatic carbocycles. The first-order chi connectivity index (χ1) is 15.8. The molecule has 3 rings (SSSR count). The zero-order chi connectivity index (χ0) is 23.8. The smallest absolute Gasteiger partial charge is 0.253 e. The first-order valence-electron chi connectivity index (χ1n) is 10.4. The minimum Gasteiger partial charge on any atom is -0.384 e. The van der Waals surface area contributed by atoms with Crippen LogP contribution in [0.4, 0.5) is 10.1 Å². The lowest BCUT2D eigenvalue weighted by molar-refractivity contribution is -0.114. The van der Waals surface area contributed by atoms with Crippen molar-refractivity contribution in [2.75, 3.05) is 18.4 Å². The predicted octanol–water partition coefficient (Wildman–Crippen LogP) is 3.17. The summed E-state index contributed by atoms with van der Waals surface area (Å²) in [5, 5.41) is 24.1. The van der Waals surface area contributed by atoms with Crippen molar-refractivity contribution in [1.29, 1.82) is 10.7 Å². The monoisotopic (exact) mass is 469 g/mol. The third kappa shape index (κ3) is 6.51. The summed E-state index contributed by atoms with van der Waals surface area (Å²) < 4.78 is 13.3. The number of hydrogen-bond donors (Lipinski definition) is 4. The van der Waals surface area contributed by atoms with Gasteiger partial charge >= 0.3 is 0 Å². The standard InChI is InChI=1S/C23H25ClFN7O/c24-19-4-2-1-3-16(19)15-32-11-7-23(6-9-26,8-12-32)30-14-18(22(28)33)21(27)31-17-5-10-29-20(25)13-17/h1-5,10,13-14,30H,6-8,11-12,15H2,(H2,28,33)(H2,27,29,31)/b18-14+. The van der Waals surface area contributed by atoms with Crippen molar-refractivity contribution < 1.29 is 9.18 Å². The van der Waals surface area contributed by atoms with Crippen LogP contribution in [-0.4, -0.2) is 40.3 Å². The van der Waals surface area contributed by atoms with E-state index in [0.717, 1.165) is 29.7 Å². The van der Waals surface area contributed by atoms with Gasteiger partial charge in [0.05, 0.1) is 23.6 Å². The highest BCUT2D eigenvalue weighted by Crippen LogP contribution is 2.28. The third-order valence-electron chi connectivity index (χ3n) is 5.64. The van der Waals surface area contributed by atoms with Gasteiger partial charge in [-0.3, -0.25) is 15.1 Å². The molecule has 0 spiro atoms. The van der Waals surface area contributed by atoms with Gasteiger partial charge in [0.25, 0.3) is 5.91 Å². The summed E-state index contributed by atoms with van der Waals surface area (Å²) in [5.74, 6) is -1.83. The Bertz CT molecular complexity index is 1090. The van der Waals surface area contributed by atoms with Crippen LogP contribution in [0.1, 0.15) is 24.8 Å². The van der Waals surface area contributed by atoms with Crippen molar-refractivity contribution in [2.24, 2.45) is 5.73 Å². The molecule has 1 aliphatic heterocycles. The van der Waals surface area contributed by atoms with E-state index in [1.165, 1.54) is 18.5 Å². The molecule has 1 saturated heterocycles. The maximum atomic E-state index is 13.3. The van der Waals surface area contributed by atoms with Gasteiger partial charge in [0.1, 0.15) is 5.84 Å². The summed E-state index contributed by atoms with van der Waals surface area (Å²) in [6.07, 6.45) is 4.16. The first kappa shape index (κ1) is 24.2. The van der Waals surface area contributed by atoms with E-state index in [1.807, 2.05) is 24.3 Å². The van der Waals surface area contributed by atoms with Crippen LogP contribution in [0.15, 0.2) is 54.4 Å². The van der Waals surface area contributed by atoms with Crippen LogP contribution >= 0.6 is 11.6 Å². The number of anilines is 1. The quantitative estimate of drug-likeness (QED) is 0.203. The lowest BCUT2D eigenvalue weighted by atomic mass is 9.84. The summed E-state index contributed by atoms with van der Waals surface area (Å²) in [5.41, 5.74) is 6.12. The van der Waals surface area contributed by atoms with Crippen LogP contribution in [0.5, 0.6) is 0 Å². The van der Waals surface area contributed by atoms with Crippen LogP contribution in [-0.2, 0) is 11.3 Å². The van der Waals surface area contributed by atoms with Gasteiger partial charge in [-0.25, -0.2) is 4.98 Å². The van der Waals surface area contributed by atoms with Gasteiger partial charge in [0.15, 0.2) is 0 Å². The Balaban J connectivity index is 1.68. The third-order valence-corrected chi connectivity index (χ3v) is 6.00. The number of pyridine rings is 1.